The molecule has 7 N–H and O–H groups in total. The quantitative estimate of drug-likeness (QED) is 0.187. The van der Waals surface area contributed by atoms with Gasteiger partial charge in [0.1, 0.15) is 5.02 Å². The van der Waals surface area contributed by atoms with E-state index >= 15 is 0 Å². The lowest BCUT2D eigenvalue weighted by Crippen LogP contribution is -2.35. The van der Waals surface area contributed by atoms with E-state index in [1.165, 1.54) is 18.5 Å². The van der Waals surface area contributed by atoms with Crippen LogP contribution < -0.4 is 21.9 Å². The number of nitrogens with zero attached hydrogens (tertiary/aromatic N) is 1. The molecule has 0 saturated carbocycles. The lowest BCUT2D eigenvalue weighted by atomic mass is 10.2. The van der Waals surface area contributed by atoms with Crippen molar-refractivity contribution in [2.45, 2.75) is 6.92 Å². The van der Waals surface area contributed by atoms with Crippen molar-refractivity contribution in [3.63, 3.8) is 0 Å². The second-order valence-corrected chi connectivity index (χ2v) is 4.94. The van der Waals surface area contributed by atoms with Gasteiger partial charge in [-0.3, -0.25) is 10.6 Å². The van der Waals surface area contributed by atoms with Crippen LogP contribution >= 0.6 is 11.6 Å². The Bertz CT molecular complexity index is 657. The molecule has 0 spiro atoms. The highest BCUT2D eigenvalue weighted by Crippen LogP contribution is 2.20. The molecule has 23 heavy (non-hydrogen) atoms. The maximum atomic E-state index is 12.1. The molecule has 9 heteroatoms. The number of amides is 1. The number of carbonyl (C=O) groups is 1. The van der Waals surface area contributed by atoms with Gasteiger partial charge in [0, 0.05) is 19.5 Å². The minimum atomic E-state index is -0.421. The van der Waals surface area contributed by atoms with Gasteiger partial charge in [-0.25, -0.2) is 4.98 Å². The average Bonchev–Trinajstić information content (AvgIpc) is 2.55. The van der Waals surface area contributed by atoms with Crippen LogP contribution in [-0.2, 0) is 0 Å². The van der Waals surface area contributed by atoms with Gasteiger partial charge in [0.05, 0.1) is 23.5 Å². The molecule has 0 unspecified atom stereocenters. The number of allylic oxidation sites excluding steroid dienone is 2. The molecule has 1 aromatic heterocycles. The van der Waals surface area contributed by atoms with Crippen molar-refractivity contribution in [2.75, 3.05) is 13.6 Å². The van der Waals surface area contributed by atoms with E-state index in [-0.39, 0.29) is 23.0 Å². The highest BCUT2D eigenvalue weighted by atomic mass is 35.5. The summed E-state index contributed by atoms with van der Waals surface area (Å²) in [6, 6.07) is 1.32. The fourth-order valence-electron chi connectivity index (χ4n) is 1.63. The van der Waals surface area contributed by atoms with Crippen molar-refractivity contribution in [3.05, 3.63) is 45.9 Å². The smallest absolute Gasteiger partial charge is 0.253 e. The Morgan fingerprint density at radius 2 is 2.26 bits per heavy atom. The number of hydrogen-bond acceptors (Lipinski definition) is 7. The van der Waals surface area contributed by atoms with Crippen molar-refractivity contribution in [2.24, 2.45) is 5.84 Å². The molecule has 124 valence electrons. The molecule has 1 rings (SSSR count). The van der Waals surface area contributed by atoms with Crippen LogP contribution in [0, 0.1) is 5.41 Å². The maximum Gasteiger partial charge on any atom is 0.253 e. The second kappa shape index (κ2) is 8.76. The number of aromatic hydroxyl groups is 1. The van der Waals surface area contributed by atoms with Crippen LogP contribution in [0.25, 0.3) is 0 Å². The third-order valence-electron chi connectivity index (χ3n) is 2.88. The summed E-state index contributed by atoms with van der Waals surface area (Å²) >= 11 is 5.72. The van der Waals surface area contributed by atoms with Crippen LogP contribution in [0.15, 0.2) is 35.3 Å². The van der Waals surface area contributed by atoms with Gasteiger partial charge >= 0.3 is 0 Å². The van der Waals surface area contributed by atoms with Gasteiger partial charge in [-0.15, -0.1) is 0 Å². The first kappa shape index (κ1) is 18.5. The van der Waals surface area contributed by atoms with E-state index < -0.39 is 5.91 Å². The molecular formula is C14H19ClN6O2. The SMILES string of the molecule is CNC(/C=C(/C)C=N)=C(/CNC(=O)c1cnc(O)c(Cl)c1)NN. The fraction of sp³-hybridized carbons (Fsp3) is 0.214. The van der Waals surface area contributed by atoms with Crippen LogP contribution in [-0.4, -0.2) is 35.8 Å². The van der Waals surface area contributed by atoms with Gasteiger partial charge in [-0.05, 0) is 24.6 Å². The molecule has 0 aliphatic heterocycles. The standard InChI is InChI=1S/C14H19ClN6O2/c1-8(5-16)3-11(18-2)12(21-17)7-20-13(22)9-4-10(15)14(23)19-6-9/h3-6,16,18,21H,7,17H2,1-2H3,(H,19,23)(H,20,22)/b8-3-,12-11-,16-5?. The highest BCUT2D eigenvalue weighted by Gasteiger charge is 2.11. The van der Waals surface area contributed by atoms with Crippen LogP contribution in [0.3, 0.4) is 0 Å². The van der Waals surface area contributed by atoms with E-state index in [4.69, 9.17) is 22.9 Å². The highest BCUT2D eigenvalue weighted by molar-refractivity contribution is 6.32. The second-order valence-electron chi connectivity index (χ2n) is 4.53. The van der Waals surface area contributed by atoms with Crippen molar-refractivity contribution in [3.8, 4) is 5.88 Å². The van der Waals surface area contributed by atoms with Crippen LogP contribution in [0.2, 0.25) is 5.02 Å². The Kier molecular flexibility index (Phi) is 7.04. The summed E-state index contributed by atoms with van der Waals surface area (Å²) in [6.45, 7) is 1.88. The summed E-state index contributed by atoms with van der Waals surface area (Å²) in [5.74, 6) is 4.73. The summed E-state index contributed by atoms with van der Waals surface area (Å²) in [6.07, 6.45) is 4.13. The Hall–Kier alpha value is -2.58. The van der Waals surface area contributed by atoms with Gasteiger partial charge < -0.3 is 26.6 Å². The first-order chi connectivity index (χ1) is 10.9. The Labute approximate surface area is 138 Å². The van der Waals surface area contributed by atoms with E-state index in [2.05, 4.69) is 21.0 Å². The summed E-state index contributed by atoms with van der Waals surface area (Å²) in [7, 11) is 1.70. The van der Waals surface area contributed by atoms with E-state index in [0.29, 0.717) is 17.0 Å². The van der Waals surface area contributed by atoms with Crippen LogP contribution in [0.1, 0.15) is 17.3 Å². The Balaban J connectivity index is 2.89. The first-order valence-electron chi connectivity index (χ1n) is 6.62. The number of rotatable bonds is 7. The molecular weight excluding hydrogens is 320 g/mol. The molecule has 0 saturated heterocycles. The molecule has 0 aromatic carbocycles. The van der Waals surface area contributed by atoms with Gasteiger partial charge in [-0.1, -0.05) is 11.6 Å². The third-order valence-corrected chi connectivity index (χ3v) is 3.16. The van der Waals surface area contributed by atoms with E-state index in [1.54, 1.807) is 20.0 Å². The van der Waals surface area contributed by atoms with Crippen molar-refractivity contribution < 1.29 is 9.90 Å². The third kappa shape index (κ3) is 5.28. The van der Waals surface area contributed by atoms with E-state index in [0.717, 1.165) is 0 Å². The van der Waals surface area contributed by atoms with Crippen molar-refractivity contribution in [1.82, 2.24) is 21.0 Å². The molecule has 1 aromatic rings. The number of halogens is 1. The predicted octanol–water partition coefficient (Wildman–Crippen LogP) is 0.661. The molecule has 1 heterocycles. The van der Waals surface area contributed by atoms with Crippen LogP contribution in [0.5, 0.6) is 5.88 Å². The Morgan fingerprint density at radius 3 is 2.78 bits per heavy atom. The number of hydrogen-bond donors (Lipinski definition) is 6. The van der Waals surface area contributed by atoms with Crippen LogP contribution in [0.4, 0.5) is 0 Å². The van der Waals surface area contributed by atoms with E-state index in [9.17, 15) is 9.90 Å². The number of nitrogens with two attached hydrogens (primary N) is 1. The first-order valence-corrected chi connectivity index (χ1v) is 6.99. The number of likely N-dealkylation sites (N-methyl/N-ethyl adjacent to an activating group) is 1. The Morgan fingerprint density at radius 1 is 1.57 bits per heavy atom. The van der Waals surface area contributed by atoms with Gasteiger partial charge in [-0.2, -0.15) is 0 Å². The molecule has 0 atom stereocenters. The zero-order valence-electron chi connectivity index (χ0n) is 12.8. The molecule has 0 fully saturated rings. The fourth-order valence-corrected chi connectivity index (χ4v) is 1.80. The number of nitrogens with one attached hydrogen (secondary N) is 4. The minimum Gasteiger partial charge on any atom is -0.492 e. The minimum absolute atomic E-state index is 0.00850. The summed E-state index contributed by atoms with van der Waals surface area (Å²) < 4.78 is 0. The zero-order chi connectivity index (χ0) is 17.4. The number of aromatic nitrogens is 1. The van der Waals surface area contributed by atoms with Crippen molar-refractivity contribution >= 4 is 23.7 Å². The van der Waals surface area contributed by atoms with Crippen molar-refractivity contribution in [1.29, 1.82) is 5.41 Å². The molecule has 0 aliphatic rings. The van der Waals surface area contributed by atoms with Gasteiger partial charge in [0.25, 0.3) is 5.91 Å². The van der Waals surface area contributed by atoms with Gasteiger partial charge in [0.2, 0.25) is 5.88 Å². The van der Waals surface area contributed by atoms with Gasteiger partial charge in [0.15, 0.2) is 0 Å². The summed E-state index contributed by atoms with van der Waals surface area (Å²) in [5, 5.41) is 22.0. The molecule has 8 nitrogen and oxygen atoms in total. The number of carbonyl (C=O) groups excluding carboxylic acids is 1. The lowest BCUT2D eigenvalue weighted by molar-refractivity contribution is 0.0956. The zero-order valence-corrected chi connectivity index (χ0v) is 13.5. The number of pyridine rings is 1. The molecule has 0 radical (unpaired) electrons. The average molecular weight is 339 g/mol. The summed E-state index contributed by atoms with van der Waals surface area (Å²) in [5.41, 5.74) is 4.59. The summed E-state index contributed by atoms with van der Waals surface area (Å²) in [4.78, 5) is 15.7. The number of hydrazine groups is 1. The lowest BCUT2D eigenvalue weighted by Gasteiger charge is -2.13. The topological polar surface area (TPSA) is 136 Å². The molecule has 0 aliphatic carbocycles. The normalized spacial score (nSPS) is 12.3. The monoisotopic (exact) mass is 338 g/mol. The molecule has 1 amide bonds. The predicted molar refractivity (Wildman–Crippen MR) is 89.2 cm³/mol. The maximum absolute atomic E-state index is 12.1. The largest absolute Gasteiger partial charge is 0.492 e. The van der Waals surface area contributed by atoms with E-state index in [1.807, 2.05) is 0 Å². The molecule has 0 bridgehead atoms.